The van der Waals surface area contributed by atoms with Crippen molar-refractivity contribution in [1.29, 1.82) is 0 Å². The zero-order chi connectivity index (χ0) is 40.2. The number of likely N-dealkylation sites (tertiary alicyclic amines) is 1. The van der Waals surface area contributed by atoms with Gasteiger partial charge in [-0.15, -0.1) is 0 Å². The third kappa shape index (κ3) is 12.1. The first-order valence-electron chi connectivity index (χ1n) is 19.1. The number of likely N-dealkylation sites (N-methyl/N-ethyl adjacent to an activating group) is 1. The Morgan fingerprint density at radius 1 is 0.852 bits per heavy atom. The van der Waals surface area contributed by atoms with Crippen molar-refractivity contribution >= 4 is 46.8 Å². The molecule has 1 unspecified atom stereocenters. The van der Waals surface area contributed by atoms with Gasteiger partial charge >= 0.3 is 6.03 Å². The van der Waals surface area contributed by atoms with Crippen LogP contribution in [0.15, 0.2) is 60.7 Å². The van der Waals surface area contributed by atoms with Crippen molar-refractivity contribution in [3.63, 3.8) is 0 Å². The van der Waals surface area contributed by atoms with Crippen molar-refractivity contribution in [2.24, 2.45) is 23.2 Å². The number of Topliss-reactive ketones (excluding diaryl/α,β-unsaturated/α-hetero) is 3. The number of nitrogens with zero attached hydrogens (tertiary/aromatic N) is 2. The first kappa shape index (κ1) is 43.5. The lowest BCUT2D eigenvalue weighted by Crippen LogP contribution is -2.58. The molecular weight excluding hydrogens is 686 g/mol. The molecule has 0 bridgehead atoms. The van der Waals surface area contributed by atoms with Gasteiger partial charge in [-0.3, -0.25) is 28.8 Å². The Labute approximate surface area is 320 Å². The molecule has 1 saturated heterocycles. The van der Waals surface area contributed by atoms with E-state index in [1.165, 1.54) is 11.3 Å². The standard InChI is InChI=1S/C39H51N5O7.C3H8/c1-7-14-25(34(48)29(45)19-20-31(47)41-32(36(49)43(5)6)24-15-10-8-11-16-24)22-30(46)33-28-21-26(28)23-44(33)37(50)35(39(2,3)4)42-38(51)40-27-17-12-9-13-18-27;1-3-2/h8-13,15-18,25-26,28,32-33,35H,7,14,19-23H2,1-6H3,(H,41,47)(H2,40,42,51);3H2,1-2H3/t25?,26-,28-,32-,33-,35+;/m0./s1. The number of hydrogen-bond donors (Lipinski definition) is 3. The molecule has 1 heterocycles. The molecule has 2 aromatic rings. The maximum Gasteiger partial charge on any atom is 0.319 e. The van der Waals surface area contributed by atoms with E-state index in [0.29, 0.717) is 30.6 Å². The molecule has 1 aliphatic carbocycles. The van der Waals surface area contributed by atoms with Crippen molar-refractivity contribution in [2.45, 2.75) is 105 Å². The van der Waals surface area contributed by atoms with Crippen LogP contribution in [0.5, 0.6) is 0 Å². The Bertz CT molecular complexity index is 1620. The summed E-state index contributed by atoms with van der Waals surface area (Å²) in [6.07, 6.45) is 2.04. The van der Waals surface area contributed by atoms with Crippen LogP contribution in [-0.4, -0.2) is 83.6 Å². The van der Waals surface area contributed by atoms with Crippen molar-refractivity contribution in [1.82, 2.24) is 20.4 Å². The van der Waals surface area contributed by atoms with E-state index >= 15 is 0 Å². The number of ketones is 3. The smallest absolute Gasteiger partial charge is 0.319 e. The van der Waals surface area contributed by atoms with E-state index in [1.54, 1.807) is 73.6 Å². The second-order valence-corrected chi connectivity index (χ2v) is 15.7. The van der Waals surface area contributed by atoms with E-state index in [-0.39, 0.29) is 48.7 Å². The normalized spacial score (nSPS) is 18.7. The van der Waals surface area contributed by atoms with Gasteiger partial charge in [0.1, 0.15) is 12.1 Å². The van der Waals surface area contributed by atoms with Gasteiger partial charge in [0.15, 0.2) is 11.6 Å². The number of piperidine rings is 1. The van der Waals surface area contributed by atoms with E-state index in [4.69, 9.17) is 0 Å². The van der Waals surface area contributed by atoms with Crippen LogP contribution in [0.4, 0.5) is 10.5 Å². The third-order valence-electron chi connectivity index (χ3n) is 9.62. The number of para-hydroxylation sites is 1. The minimum Gasteiger partial charge on any atom is -0.347 e. The summed E-state index contributed by atoms with van der Waals surface area (Å²) in [6.45, 7) is 12.0. The number of urea groups is 1. The minimum absolute atomic E-state index is 0.0283. The van der Waals surface area contributed by atoms with Crippen LogP contribution in [0.3, 0.4) is 0 Å². The summed E-state index contributed by atoms with van der Waals surface area (Å²) in [7, 11) is 3.16. The number of fused-ring (bicyclic) bond motifs is 1. The fourth-order valence-electron chi connectivity index (χ4n) is 6.78. The number of hydrogen-bond acceptors (Lipinski definition) is 7. The highest BCUT2D eigenvalue weighted by atomic mass is 16.2. The summed E-state index contributed by atoms with van der Waals surface area (Å²) in [5, 5.41) is 8.25. The van der Waals surface area contributed by atoms with Crippen LogP contribution < -0.4 is 16.0 Å². The fraction of sp³-hybridized carbons (Fsp3) is 0.548. The van der Waals surface area contributed by atoms with Crippen LogP contribution in [-0.2, 0) is 28.8 Å². The molecule has 5 amide bonds. The zero-order valence-corrected chi connectivity index (χ0v) is 33.1. The quantitative estimate of drug-likeness (QED) is 0.185. The van der Waals surface area contributed by atoms with Gasteiger partial charge in [-0.2, -0.15) is 0 Å². The highest BCUT2D eigenvalue weighted by Gasteiger charge is 2.58. The molecule has 294 valence electrons. The maximum absolute atomic E-state index is 14.1. The molecule has 4 rings (SSSR count). The van der Waals surface area contributed by atoms with E-state index in [1.807, 2.05) is 33.8 Å². The zero-order valence-electron chi connectivity index (χ0n) is 33.1. The Hall–Kier alpha value is -4.87. The molecule has 12 heteroatoms. The van der Waals surface area contributed by atoms with Crippen LogP contribution in [0, 0.1) is 23.2 Å². The van der Waals surface area contributed by atoms with Crippen molar-refractivity contribution in [2.75, 3.05) is 26.0 Å². The largest absolute Gasteiger partial charge is 0.347 e. The van der Waals surface area contributed by atoms with Gasteiger partial charge < -0.3 is 25.8 Å². The predicted molar refractivity (Wildman–Crippen MR) is 208 cm³/mol. The average Bonchev–Trinajstić information content (AvgIpc) is 3.79. The molecule has 6 atom stereocenters. The minimum atomic E-state index is -0.945. The summed E-state index contributed by atoms with van der Waals surface area (Å²) in [4.78, 5) is 96.1. The Morgan fingerprint density at radius 2 is 1.44 bits per heavy atom. The van der Waals surface area contributed by atoms with Gasteiger partial charge in [-0.25, -0.2) is 4.79 Å². The highest BCUT2D eigenvalue weighted by molar-refractivity contribution is 6.38. The van der Waals surface area contributed by atoms with Crippen molar-refractivity contribution < 1.29 is 33.6 Å². The molecule has 12 nitrogen and oxygen atoms in total. The molecule has 1 saturated carbocycles. The molecule has 2 aliphatic rings. The van der Waals surface area contributed by atoms with E-state index in [0.717, 1.165) is 6.42 Å². The average molecular weight is 746 g/mol. The summed E-state index contributed by atoms with van der Waals surface area (Å²) < 4.78 is 0. The molecule has 0 spiro atoms. The topological polar surface area (TPSA) is 162 Å². The predicted octanol–water partition coefficient (Wildman–Crippen LogP) is 5.73. The van der Waals surface area contributed by atoms with Gasteiger partial charge in [0.25, 0.3) is 0 Å². The molecular formula is C42H59N5O7. The number of rotatable bonds is 16. The maximum atomic E-state index is 14.1. The van der Waals surface area contributed by atoms with E-state index in [9.17, 15) is 33.6 Å². The molecule has 2 aromatic carbocycles. The second kappa shape index (κ2) is 20.0. The van der Waals surface area contributed by atoms with Gasteiger partial charge in [-0.05, 0) is 47.8 Å². The summed E-state index contributed by atoms with van der Waals surface area (Å²) >= 11 is 0. The Morgan fingerprint density at radius 3 is 2.00 bits per heavy atom. The fourth-order valence-corrected chi connectivity index (χ4v) is 6.78. The Kier molecular flexibility index (Phi) is 16.1. The number of nitrogens with one attached hydrogen (secondary N) is 3. The molecule has 3 N–H and O–H groups in total. The van der Waals surface area contributed by atoms with Crippen LogP contribution in [0.25, 0.3) is 0 Å². The number of benzene rings is 2. The van der Waals surface area contributed by atoms with E-state index < -0.39 is 53.0 Å². The second-order valence-electron chi connectivity index (χ2n) is 15.7. The monoisotopic (exact) mass is 745 g/mol. The van der Waals surface area contributed by atoms with Gasteiger partial charge in [0, 0.05) is 51.5 Å². The van der Waals surface area contributed by atoms with E-state index in [2.05, 4.69) is 29.8 Å². The number of carbonyl (C=O) groups is 7. The molecule has 1 aliphatic heterocycles. The SMILES string of the molecule is CCC.CCCC(CC(=O)[C@@H]1[C@H]2C[C@H]2CN1C(=O)[C@@H](NC(=O)Nc1ccccc1)C(C)(C)C)C(=O)C(=O)CCC(=O)N[C@H](C(=O)N(C)C)c1ccccc1. The molecule has 54 heavy (non-hydrogen) atoms. The number of amides is 5. The molecule has 0 radical (unpaired) electrons. The van der Waals surface area contributed by atoms with Crippen LogP contribution >= 0.6 is 0 Å². The van der Waals surface area contributed by atoms with Crippen molar-refractivity contribution in [3.8, 4) is 0 Å². The van der Waals surface area contributed by atoms with Crippen LogP contribution in [0.1, 0.15) is 98.1 Å². The first-order valence-corrected chi connectivity index (χ1v) is 19.1. The lowest BCUT2D eigenvalue weighted by atomic mass is 9.84. The first-order chi connectivity index (χ1) is 25.5. The molecule has 2 fully saturated rings. The van der Waals surface area contributed by atoms with Gasteiger partial charge in [0.05, 0.1) is 6.04 Å². The summed E-state index contributed by atoms with van der Waals surface area (Å²) in [5.74, 6) is -3.74. The summed E-state index contributed by atoms with van der Waals surface area (Å²) in [6, 6.07) is 14.5. The van der Waals surface area contributed by atoms with Crippen LogP contribution in [0.2, 0.25) is 0 Å². The van der Waals surface area contributed by atoms with Gasteiger partial charge in [0.2, 0.25) is 23.5 Å². The van der Waals surface area contributed by atoms with Gasteiger partial charge in [-0.1, -0.05) is 103 Å². The lowest BCUT2D eigenvalue weighted by Gasteiger charge is -2.36. The molecule has 0 aromatic heterocycles. The highest BCUT2D eigenvalue weighted by Crippen LogP contribution is 2.50. The summed E-state index contributed by atoms with van der Waals surface area (Å²) in [5.41, 5.74) is 0.486. The lowest BCUT2D eigenvalue weighted by molar-refractivity contribution is -0.144. The number of carbonyl (C=O) groups excluding carboxylic acids is 7. The third-order valence-corrected chi connectivity index (χ3v) is 9.62. The van der Waals surface area contributed by atoms with Crippen molar-refractivity contribution in [3.05, 3.63) is 66.2 Å². The number of anilines is 1. The Balaban J connectivity index is 0.00000253.